The Labute approximate surface area is 117 Å². The molecule has 0 bridgehead atoms. The number of carbonyl (C=O) groups excluding carboxylic acids is 1. The largest absolute Gasteiger partial charge is 0.334 e. The van der Waals surface area contributed by atoms with Gasteiger partial charge in [-0.05, 0) is 38.3 Å². The number of hydrogen-bond acceptors (Lipinski definition) is 2. The summed E-state index contributed by atoms with van der Waals surface area (Å²) < 4.78 is 13.4. The first-order valence-electron chi connectivity index (χ1n) is 6.53. The maximum absolute atomic E-state index is 13.4. The zero-order chi connectivity index (χ0) is 14.0. The molecule has 1 aromatic carbocycles. The van der Waals surface area contributed by atoms with Gasteiger partial charge in [-0.3, -0.25) is 4.79 Å². The quantitative estimate of drug-likeness (QED) is 0.908. The van der Waals surface area contributed by atoms with Crippen LogP contribution in [0.1, 0.15) is 36.5 Å². The van der Waals surface area contributed by atoms with Gasteiger partial charge in [0, 0.05) is 18.6 Å². The molecule has 1 heterocycles. The van der Waals surface area contributed by atoms with E-state index in [9.17, 15) is 9.18 Å². The molecular formula is C14H18ClFN2O. The fourth-order valence-electron chi connectivity index (χ4n) is 2.58. The third-order valence-corrected chi connectivity index (χ3v) is 3.98. The molecule has 0 aliphatic carbocycles. The normalized spacial score (nSPS) is 21.3. The van der Waals surface area contributed by atoms with Crippen molar-refractivity contribution in [3.8, 4) is 0 Å². The van der Waals surface area contributed by atoms with E-state index in [2.05, 4.69) is 0 Å². The highest BCUT2D eigenvalue weighted by Crippen LogP contribution is 2.26. The van der Waals surface area contributed by atoms with E-state index in [0.717, 1.165) is 19.3 Å². The minimum absolute atomic E-state index is 0.000541. The molecule has 1 fully saturated rings. The second kappa shape index (κ2) is 5.88. The zero-order valence-corrected chi connectivity index (χ0v) is 11.7. The second-order valence-corrected chi connectivity index (χ2v) is 5.40. The molecule has 2 atom stereocenters. The lowest BCUT2D eigenvalue weighted by Crippen LogP contribution is -2.51. The van der Waals surface area contributed by atoms with Crippen molar-refractivity contribution in [1.29, 1.82) is 0 Å². The summed E-state index contributed by atoms with van der Waals surface area (Å²) in [5.74, 6) is -0.798. The Morgan fingerprint density at radius 3 is 2.95 bits per heavy atom. The van der Waals surface area contributed by atoms with Crippen LogP contribution in [0.4, 0.5) is 4.39 Å². The Hall–Kier alpha value is -1.13. The first-order chi connectivity index (χ1) is 9.02. The summed E-state index contributed by atoms with van der Waals surface area (Å²) in [6.07, 6.45) is 2.89. The molecular weight excluding hydrogens is 267 g/mol. The smallest absolute Gasteiger partial charge is 0.255 e. The van der Waals surface area contributed by atoms with Crippen molar-refractivity contribution in [2.45, 2.75) is 38.3 Å². The van der Waals surface area contributed by atoms with Crippen LogP contribution in [0.3, 0.4) is 0 Å². The number of halogens is 2. The highest BCUT2D eigenvalue weighted by molar-refractivity contribution is 6.34. The van der Waals surface area contributed by atoms with Crippen LogP contribution >= 0.6 is 11.6 Å². The topological polar surface area (TPSA) is 46.3 Å². The Morgan fingerprint density at radius 1 is 1.53 bits per heavy atom. The van der Waals surface area contributed by atoms with Gasteiger partial charge in [0.1, 0.15) is 5.82 Å². The van der Waals surface area contributed by atoms with Crippen LogP contribution in [0.15, 0.2) is 18.2 Å². The minimum Gasteiger partial charge on any atom is -0.334 e. The van der Waals surface area contributed by atoms with Gasteiger partial charge in [-0.1, -0.05) is 17.7 Å². The highest BCUT2D eigenvalue weighted by Gasteiger charge is 2.31. The Bertz CT molecular complexity index is 479. The first-order valence-corrected chi connectivity index (χ1v) is 6.90. The van der Waals surface area contributed by atoms with Gasteiger partial charge in [0.15, 0.2) is 0 Å². The fourth-order valence-corrected chi connectivity index (χ4v) is 2.79. The molecule has 5 heteroatoms. The average Bonchev–Trinajstić information content (AvgIpc) is 2.41. The van der Waals surface area contributed by atoms with Crippen molar-refractivity contribution in [2.24, 2.45) is 5.73 Å². The van der Waals surface area contributed by atoms with E-state index in [1.165, 1.54) is 12.1 Å². The van der Waals surface area contributed by atoms with E-state index in [-0.39, 0.29) is 28.6 Å². The summed E-state index contributed by atoms with van der Waals surface area (Å²) >= 11 is 5.88. The summed E-state index contributed by atoms with van der Waals surface area (Å²) in [5.41, 5.74) is 6.16. The monoisotopic (exact) mass is 284 g/mol. The zero-order valence-electron chi connectivity index (χ0n) is 10.9. The molecule has 0 aromatic heterocycles. The van der Waals surface area contributed by atoms with E-state index in [1.807, 2.05) is 6.92 Å². The number of nitrogens with zero attached hydrogens (tertiary/aromatic N) is 1. The molecule has 1 amide bonds. The maximum Gasteiger partial charge on any atom is 0.255 e. The maximum atomic E-state index is 13.4. The number of hydrogen-bond donors (Lipinski definition) is 1. The lowest BCUT2D eigenvalue weighted by molar-refractivity contribution is 0.0583. The summed E-state index contributed by atoms with van der Waals surface area (Å²) in [6, 6.07) is 4.20. The minimum atomic E-state index is -0.568. The number of rotatable bonds is 2. The van der Waals surface area contributed by atoms with Gasteiger partial charge in [0.25, 0.3) is 5.91 Å². The molecule has 2 N–H and O–H groups in total. The number of carbonyl (C=O) groups is 1. The molecule has 104 valence electrons. The molecule has 2 rings (SSSR count). The summed E-state index contributed by atoms with van der Waals surface area (Å²) in [6.45, 7) is 2.54. The molecule has 1 aliphatic heterocycles. The molecule has 1 saturated heterocycles. The van der Waals surface area contributed by atoms with Crippen LogP contribution in [0, 0.1) is 5.82 Å². The number of amides is 1. The van der Waals surface area contributed by atoms with Gasteiger partial charge in [0.2, 0.25) is 0 Å². The molecule has 1 aliphatic rings. The Morgan fingerprint density at radius 2 is 2.26 bits per heavy atom. The number of piperidine rings is 1. The van der Waals surface area contributed by atoms with E-state index < -0.39 is 5.82 Å². The van der Waals surface area contributed by atoms with Crippen LogP contribution in [0.25, 0.3) is 0 Å². The first kappa shape index (κ1) is 14.3. The van der Waals surface area contributed by atoms with E-state index in [4.69, 9.17) is 17.3 Å². The van der Waals surface area contributed by atoms with Crippen molar-refractivity contribution >= 4 is 17.5 Å². The highest BCUT2D eigenvalue weighted by atomic mass is 35.5. The van der Waals surface area contributed by atoms with Crippen LogP contribution in [-0.2, 0) is 0 Å². The molecule has 0 saturated carbocycles. The van der Waals surface area contributed by atoms with Crippen molar-refractivity contribution in [3.63, 3.8) is 0 Å². The SMILES string of the molecule is C[C@@H](N)[C@@H]1CCCCN1C(=O)c1cccc(F)c1Cl. The van der Waals surface area contributed by atoms with Crippen LogP contribution in [-0.4, -0.2) is 29.4 Å². The van der Waals surface area contributed by atoms with Crippen molar-refractivity contribution in [3.05, 3.63) is 34.6 Å². The lowest BCUT2D eigenvalue weighted by atomic mass is 9.96. The standard InChI is InChI=1S/C14H18ClFN2O/c1-9(17)12-7-2-3-8-18(12)14(19)10-5-4-6-11(16)13(10)15/h4-6,9,12H,2-3,7-8,17H2,1H3/t9-,12+/m1/s1. The Kier molecular flexibility index (Phi) is 4.42. The van der Waals surface area contributed by atoms with Crippen molar-refractivity contribution < 1.29 is 9.18 Å². The fraction of sp³-hybridized carbons (Fsp3) is 0.500. The molecule has 3 nitrogen and oxygen atoms in total. The summed E-state index contributed by atoms with van der Waals surface area (Å²) in [4.78, 5) is 14.2. The predicted molar refractivity (Wildman–Crippen MR) is 73.7 cm³/mol. The van der Waals surface area contributed by atoms with Gasteiger partial charge in [0.05, 0.1) is 10.6 Å². The van der Waals surface area contributed by atoms with Crippen LogP contribution in [0.2, 0.25) is 5.02 Å². The van der Waals surface area contributed by atoms with Gasteiger partial charge >= 0.3 is 0 Å². The molecule has 1 aromatic rings. The number of benzene rings is 1. The molecule has 0 radical (unpaired) electrons. The third kappa shape index (κ3) is 2.90. The number of nitrogens with two attached hydrogens (primary N) is 1. The summed E-state index contributed by atoms with van der Waals surface area (Å²) in [5, 5.41) is -0.110. The van der Waals surface area contributed by atoms with E-state index in [0.29, 0.717) is 6.54 Å². The van der Waals surface area contributed by atoms with E-state index >= 15 is 0 Å². The Balaban J connectivity index is 2.29. The van der Waals surface area contributed by atoms with Crippen molar-refractivity contribution in [1.82, 2.24) is 4.90 Å². The second-order valence-electron chi connectivity index (χ2n) is 5.02. The predicted octanol–water partition coefficient (Wildman–Crippen LogP) is 2.82. The van der Waals surface area contributed by atoms with Crippen molar-refractivity contribution in [2.75, 3.05) is 6.54 Å². The van der Waals surface area contributed by atoms with Gasteiger partial charge in [-0.25, -0.2) is 4.39 Å². The third-order valence-electron chi connectivity index (χ3n) is 3.60. The average molecular weight is 285 g/mol. The molecule has 19 heavy (non-hydrogen) atoms. The van der Waals surface area contributed by atoms with Crippen LogP contribution in [0.5, 0.6) is 0 Å². The van der Waals surface area contributed by atoms with Gasteiger partial charge < -0.3 is 10.6 Å². The lowest BCUT2D eigenvalue weighted by Gasteiger charge is -2.38. The van der Waals surface area contributed by atoms with Gasteiger partial charge in [-0.2, -0.15) is 0 Å². The molecule has 0 unspecified atom stereocenters. The van der Waals surface area contributed by atoms with Gasteiger partial charge in [-0.15, -0.1) is 0 Å². The van der Waals surface area contributed by atoms with E-state index in [1.54, 1.807) is 11.0 Å². The van der Waals surface area contributed by atoms with Crippen LogP contribution < -0.4 is 5.73 Å². The summed E-state index contributed by atoms with van der Waals surface area (Å²) in [7, 11) is 0. The number of likely N-dealkylation sites (tertiary alicyclic amines) is 1. The molecule has 0 spiro atoms.